The zero-order valence-corrected chi connectivity index (χ0v) is 10.2. The molecule has 0 fully saturated rings. The number of carboxylic acid groups (broad SMARTS) is 1. The van der Waals surface area contributed by atoms with Crippen LogP contribution in [-0.4, -0.2) is 29.6 Å². The van der Waals surface area contributed by atoms with Crippen LogP contribution < -0.4 is 11.1 Å². The number of hydrogen-bond acceptors (Lipinski definition) is 3. The van der Waals surface area contributed by atoms with Crippen molar-refractivity contribution in [2.75, 3.05) is 6.54 Å². The zero-order chi connectivity index (χ0) is 12.7. The van der Waals surface area contributed by atoms with Crippen molar-refractivity contribution in [1.29, 1.82) is 0 Å². The third kappa shape index (κ3) is 5.70. The number of aliphatic carboxylic acids is 1. The van der Waals surface area contributed by atoms with Gasteiger partial charge in [0.15, 0.2) is 0 Å². The van der Waals surface area contributed by atoms with Crippen LogP contribution in [0.4, 0.5) is 0 Å². The van der Waals surface area contributed by atoms with Crippen molar-refractivity contribution in [3.63, 3.8) is 0 Å². The molecule has 0 radical (unpaired) electrons. The average Bonchev–Trinajstić information content (AvgIpc) is 2.16. The van der Waals surface area contributed by atoms with Crippen LogP contribution in [0.1, 0.15) is 33.6 Å². The van der Waals surface area contributed by atoms with Crippen molar-refractivity contribution in [3.8, 4) is 0 Å². The smallest absolute Gasteiger partial charge is 0.308 e. The highest BCUT2D eigenvalue weighted by Gasteiger charge is 2.19. The lowest BCUT2D eigenvalue weighted by Gasteiger charge is -2.16. The molecule has 4 N–H and O–H groups in total. The molecule has 0 saturated carbocycles. The minimum atomic E-state index is -0.889. The maximum atomic E-state index is 11.5. The molecule has 1 amide bonds. The second kappa shape index (κ2) is 7.22. The van der Waals surface area contributed by atoms with Gasteiger partial charge in [-0.25, -0.2) is 0 Å². The average molecular weight is 230 g/mol. The third-order valence-corrected chi connectivity index (χ3v) is 2.43. The lowest BCUT2D eigenvalue weighted by molar-refractivity contribution is -0.141. The molecular weight excluding hydrogens is 208 g/mol. The summed E-state index contributed by atoms with van der Waals surface area (Å²) >= 11 is 0. The van der Waals surface area contributed by atoms with Crippen molar-refractivity contribution < 1.29 is 14.7 Å². The van der Waals surface area contributed by atoms with Gasteiger partial charge in [-0.1, -0.05) is 20.8 Å². The topological polar surface area (TPSA) is 92.4 Å². The summed E-state index contributed by atoms with van der Waals surface area (Å²) in [5.74, 6) is -1.34. The molecule has 0 spiro atoms. The summed E-state index contributed by atoms with van der Waals surface area (Å²) in [6, 6.07) is -0.550. The van der Waals surface area contributed by atoms with Crippen molar-refractivity contribution in [1.82, 2.24) is 5.32 Å². The van der Waals surface area contributed by atoms with Gasteiger partial charge in [-0.05, 0) is 18.8 Å². The summed E-state index contributed by atoms with van der Waals surface area (Å²) < 4.78 is 0. The molecule has 5 heteroatoms. The van der Waals surface area contributed by atoms with Crippen LogP contribution in [0.3, 0.4) is 0 Å². The van der Waals surface area contributed by atoms with E-state index in [0.717, 1.165) is 0 Å². The first kappa shape index (κ1) is 14.9. The summed E-state index contributed by atoms with van der Waals surface area (Å²) in [5, 5.41) is 11.4. The van der Waals surface area contributed by atoms with Crippen molar-refractivity contribution in [3.05, 3.63) is 0 Å². The molecule has 0 rings (SSSR count). The van der Waals surface area contributed by atoms with Crippen LogP contribution >= 0.6 is 0 Å². The number of carboxylic acids is 1. The highest BCUT2D eigenvalue weighted by atomic mass is 16.4. The molecule has 0 aliphatic rings. The van der Waals surface area contributed by atoms with Gasteiger partial charge in [0.1, 0.15) is 0 Å². The van der Waals surface area contributed by atoms with E-state index in [1.54, 1.807) is 6.92 Å². The van der Waals surface area contributed by atoms with E-state index >= 15 is 0 Å². The Hall–Kier alpha value is -1.10. The van der Waals surface area contributed by atoms with Gasteiger partial charge in [-0.3, -0.25) is 9.59 Å². The molecule has 0 bridgehead atoms. The first-order valence-electron chi connectivity index (χ1n) is 5.64. The Balaban J connectivity index is 4.00. The van der Waals surface area contributed by atoms with E-state index in [4.69, 9.17) is 10.8 Å². The molecule has 94 valence electrons. The lowest BCUT2D eigenvalue weighted by Crippen LogP contribution is -2.43. The monoisotopic (exact) mass is 230 g/mol. The maximum Gasteiger partial charge on any atom is 0.308 e. The molecule has 16 heavy (non-hydrogen) atoms. The Bertz CT molecular complexity index is 241. The fourth-order valence-corrected chi connectivity index (χ4v) is 1.38. The normalized spacial score (nSPS) is 14.6. The number of amides is 1. The van der Waals surface area contributed by atoms with Gasteiger partial charge in [0.25, 0.3) is 0 Å². The van der Waals surface area contributed by atoms with Crippen molar-refractivity contribution >= 4 is 11.9 Å². The first-order valence-corrected chi connectivity index (χ1v) is 5.64. The number of rotatable bonds is 7. The van der Waals surface area contributed by atoms with E-state index in [9.17, 15) is 9.59 Å². The quantitative estimate of drug-likeness (QED) is 0.596. The van der Waals surface area contributed by atoms with Crippen LogP contribution in [0.25, 0.3) is 0 Å². The molecule has 0 heterocycles. The second-order valence-corrected chi connectivity index (χ2v) is 4.42. The molecule has 2 atom stereocenters. The first-order chi connectivity index (χ1) is 7.38. The second-order valence-electron chi connectivity index (χ2n) is 4.42. The van der Waals surface area contributed by atoms with Crippen LogP contribution in [0.5, 0.6) is 0 Å². The van der Waals surface area contributed by atoms with E-state index < -0.39 is 17.9 Å². The van der Waals surface area contributed by atoms with Gasteiger partial charge in [0.05, 0.1) is 12.0 Å². The maximum absolute atomic E-state index is 11.5. The molecular formula is C11H22N2O3. The highest BCUT2D eigenvalue weighted by Crippen LogP contribution is 2.04. The SMILES string of the molecule is CCC(CNC(=O)C(N)CC(C)C)C(=O)O. The van der Waals surface area contributed by atoms with E-state index in [1.807, 2.05) is 13.8 Å². The highest BCUT2D eigenvalue weighted by molar-refractivity contribution is 5.82. The van der Waals surface area contributed by atoms with Gasteiger partial charge in [-0.2, -0.15) is 0 Å². The minimum absolute atomic E-state index is 0.149. The van der Waals surface area contributed by atoms with Gasteiger partial charge in [-0.15, -0.1) is 0 Å². The standard InChI is InChI=1S/C11H22N2O3/c1-4-8(11(15)16)6-13-10(14)9(12)5-7(2)3/h7-9H,4-6,12H2,1-3H3,(H,13,14)(H,15,16). The Morgan fingerprint density at radius 3 is 2.31 bits per heavy atom. The Morgan fingerprint density at radius 2 is 1.94 bits per heavy atom. The van der Waals surface area contributed by atoms with E-state index in [2.05, 4.69) is 5.32 Å². The molecule has 0 aliphatic carbocycles. The van der Waals surface area contributed by atoms with Crippen LogP contribution in [0, 0.1) is 11.8 Å². The molecule has 5 nitrogen and oxygen atoms in total. The minimum Gasteiger partial charge on any atom is -0.481 e. The summed E-state index contributed by atoms with van der Waals surface area (Å²) in [6.45, 7) is 5.90. The van der Waals surface area contributed by atoms with Gasteiger partial charge in [0, 0.05) is 6.54 Å². The summed E-state index contributed by atoms with van der Waals surface area (Å²) in [6.07, 6.45) is 1.10. The summed E-state index contributed by atoms with van der Waals surface area (Å²) in [5.41, 5.74) is 5.66. The molecule has 0 aromatic rings. The number of carbonyl (C=O) groups is 2. The van der Waals surface area contributed by atoms with Crippen LogP contribution in [-0.2, 0) is 9.59 Å². The molecule has 0 aromatic heterocycles. The van der Waals surface area contributed by atoms with Crippen molar-refractivity contribution in [2.24, 2.45) is 17.6 Å². The summed E-state index contributed by atoms with van der Waals surface area (Å²) in [4.78, 5) is 22.2. The Kier molecular flexibility index (Phi) is 6.72. The molecule has 2 unspecified atom stereocenters. The predicted molar refractivity (Wildman–Crippen MR) is 61.9 cm³/mol. The van der Waals surface area contributed by atoms with Crippen LogP contribution in [0.2, 0.25) is 0 Å². The fraction of sp³-hybridized carbons (Fsp3) is 0.818. The van der Waals surface area contributed by atoms with Crippen LogP contribution in [0.15, 0.2) is 0 Å². The van der Waals surface area contributed by atoms with Gasteiger partial charge < -0.3 is 16.2 Å². The number of nitrogens with one attached hydrogen (secondary N) is 1. The summed E-state index contributed by atoms with van der Waals surface area (Å²) in [7, 11) is 0. The van der Waals surface area contributed by atoms with E-state index in [1.165, 1.54) is 0 Å². The van der Waals surface area contributed by atoms with Gasteiger partial charge >= 0.3 is 5.97 Å². The zero-order valence-electron chi connectivity index (χ0n) is 10.2. The number of hydrogen-bond donors (Lipinski definition) is 3. The Labute approximate surface area is 96.4 Å². The third-order valence-electron chi connectivity index (χ3n) is 2.43. The van der Waals surface area contributed by atoms with Crippen molar-refractivity contribution in [2.45, 2.75) is 39.7 Å². The lowest BCUT2D eigenvalue weighted by atomic mass is 10.0. The Morgan fingerprint density at radius 1 is 1.38 bits per heavy atom. The molecule has 0 aromatic carbocycles. The van der Waals surface area contributed by atoms with Gasteiger partial charge in [0.2, 0.25) is 5.91 Å². The molecule has 0 saturated heterocycles. The largest absolute Gasteiger partial charge is 0.481 e. The predicted octanol–water partition coefficient (Wildman–Crippen LogP) is 0.587. The fourth-order valence-electron chi connectivity index (χ4n) is 1.38. The number of carbonyl (C=O) groups excluding carboxylic acids is 1. The van der Waals surface area contributed by atoms with E-state index in [0.29, 0.717) is 18.8 Å². The van der Waals surface area contributed by atoms with E-state index in [-0.39, 0.29) is 12.5 Å². The molecule has 0 aliphatic heterocycles. The number of nitrogens with two attached hydrogens (primary N) is 1.